The van der Waals surface area contributed by atoms with Crippen LogP contribution in [0.3, 0.4) is 0 Å². The molecule has 0 fully saturated rings. The summed E-state index contributed by atoms with van der Waals surface area (Å²) < 4.78 is 5.85. The molecule has 1 amide bonds. The average molecular weight is 782 g/mol. The van der Waals surface area contributed by atoms with E-state index in [1.165, 1.54) is 89.9 Å². The van der Waals surface area contributed by atoms with Gasteiger partial charge in [0, 0.05) is 6.42 Å². The molecule has 0 aromatic carbocycles. The fraction of sp³-hybridized carbons (Fsp3) is 0.720. The molecule has 3 N–H and O–H groups in total. The molecule has 3 atom stereocenters. The van der Waals surface area contributed by atoms with E-state index in [0.717, 1.165) is 70.6 Å². The lowest BCUT2D eigenvalue weighted by Gasteiger charge is -2.24. The number of esters is 1. The van der Waals surface area contributed by atoms with E-state index < -0.39 is 18.2 Å². The molecule has 0 bridgehead atoms. The number of carbonyl (C=O) groups is 2. The van der Waals surface area contributed by atoms with Gasteiger partial charge in [0.25, 0.3) is 0 Å². The Hall–Kier alpha value is -2.70. The van der Waals surface area contributed by atoms with E-state index in [9.17, 15) is 19.8 Å². The van der Waals surface area contributed by atoms with Crippen molar-refractivity contribution in [3.63, 3.8) is 0 Å². The van der Waals surface area contributed by atoms with Gasteiger partial charge in [-0.25, -0.2) is 0 Å². The molecule has 0 rings (SSSR count). The van der Waals surface area contributed by atoms with Gasteiger partial charge in [-0.05, 0) is 64.2 Å². The molecule has 0 heterocycles. The van der Waals surface area contributed by atoms with E-state index >= 15 is 0 Å². The molecule has 322 valence electrons. The van der Waals surface area contributed by atoms with Crippen molar-refractivity contribution in [1.82, 2.24) is 5.32 Å². The second kappa shape index (κ2) is 43.4. The molecule has 6 heteroatoms. The summed E-state index contributed by atoms with van der Waals surface area (Å²) in [4.78, 5) is 26.0. The topological polar surface area (TPSA) is 95.9 Å². The van der Waals surface area contributed by atoms with Crippen LogP contribution in [-0.4, -0.2) is 46.9 Å². The largest absolute Gasteiger partial charge is 0.462 e. The first kappa shape index (κ1) is 53.3. The molecule has 0 spiro atoms. The Morgan fingerprint density at radius 1 is 0.536 bits per heavy atom. The Labute approximate surface area is 345 Å². The normalized spacial score (nSPS) is 14.0. The van der Waals surface area contributed by atoms with Crippen molar-refractivity contribution in [2.45, 2.75) is 225 Å². The quantitative estimate of drug-likeness (QED) is 0.0327. The number of amides is 1. The van der Waals surface area contributed by atoms with Gasteiger partial charge in [0.05, 0.1) is 25.2 Å². The summed E-state index contributed by atoms with van der Waals surface area (Å²) in [5.74, 6) is -0.580. The minimum absolute atomic E-state index is 0.0180. The molecule has 0 aromatic heterocycles. The van der Waals surface area contributed by atoms with Crippen molar-refractivity contribution in [1.29, 1.82) is 0 Å². The monoisotopic (exact) mass is 782 g/mol. The first-order chi connectivity index (χ1) is 27.5. The lowest BCUT2D eigenvalue weighted by molar-refractivity contribution is -0.151. The summed E-state index contributed by atoms with van der Waals surface area (Å²) in [5, 5.41) is 23.6. The molecule has 56 heavy (non-hydrogen) atoms. The highest BCUT2D eigenvalue weighted by Gasteiger charge is 2.24. The Balaban J connectivity index is 4.70. The van der Waals surface area contributed by atoms with Gasteiger partial charge in [0.1, 0.15) is 6.10 Å². The second-order valence-electron chi connectivity index (χ2n) is 15.5. The van der Waals surface area contributed by atoms with Gasteiger partial charge in [-0.3, -0.25) is 9.59 Å². The second-order valence-corrected chi connectivity index (χ2v) is 15.5. The van der Waals surface area contributed by atoms with Gasteiger partial charge in [-0.1, -0.05) is 203 Å². The zero-order valence-electron chi connectivity index (χ0n) is 36.5. The number of aliphatic hydroxyl groups excluding tert-OH is 2. The number of allylic oxidation sites excluding steroid dienone is 12. The van der Waals surface area contributed by atoms with Crippen LogP contribution in [0.25, 0.3) is 0 Å². The van der Waals surface area contributed by atoms with Crippen LogP contribution >= 0.6 is 0 Å². The smallest absolute Gasteiger partial charge is 0.306 e. The minimum atomic E-state index is -0.810. The van der Waals surface area contributed by atoms with Gasteiger partial charge in [0.2, 0.25) is 5.91 Å². The third-order valence-electron chi connectivity index (χ3n) is 10.1. The Morgan fingerprint density at radius 3 is 1.52 bits per heavy atom. The molecule has 0 aliphatic heterocycles. The number of carbonyl (C=O) groups excluding carboxylic acids is 2. The van der Waals surface area contributed by atoms with Gasteiger partial charge in [0.15, 0.2) is 0 Å². The van der Waals surface area contributed by atoms with E-state index in [2.05, 4.69) is 62.5 Å². The highest BCUT2D eigenvalue weighted by Crippen LogP contribution is 2.16. The number of nitrogens with one attached hydrogen (secondary N) is 1. The standard InChI is InChI=1S/C50H87NO5/c1-4-7-10-13-16-19-22-23-24-25-26-28-31-34-37-40-43-50(55)56-46(41-38-35-32-29-27-20-17-14-11-8-5-2)44-49(54)51-47(45-52)48(53)42-39-36-33-30-21-18-15-12-9-6-3/h8,11,14,17,20,24-29,32,46-48,52-53H,4-7,9-10,12-13,15-16,18-19,21-23,30-31,33-45H2,1-3H3,(H,51,54)/b11-8+,17-14+,25-24+,27-20-,28-26+,32-29-. The third kappa shape index (κ3) is 38.2. The number of ether oxygens (including phenoxy) is 1. The van der Waals surface area contributed by atoms with Crippen LogP contribution in [0.5, 0.6) is 0 Å². The fourth-order valence-electron chi connectivity index (χ4n) is 6.61. The van der Waals surface area contributed by atoms with Crippen molar-refractivity contribution < 1.29 is 24.5 Å². The molecule has 6 nitrogen and oxygen atoms in total. The highest BCUT2D eigenvalue weighted by molar-refractivity contribution is 5.77. The number of aliphatic hydroxyl groups is 2. The molecular formula is C50H87NO5. The van der Waals surface area contributed by atoms with Crippen molar-refractivity contribution in [3.8, 4) is 0 Å². The summed E-state index contributed by atoms with van der Waals surface area (Å²) in [6, 6.07) is -0.728. The maximum atomic E-state index is 13.1. The SMILES string of the molecule is CC/C=C/C=C/C=C\C=C/CCCC(CC(=O)NC(CO)C(O)CCCCCCCCCCCC)OC(=O)CCCCC/C=C/C=C/CCCCCCCCC. The van der Waals surface area contributed by atoms with Crippen molar-refractivity contribution in [3.05, 3.63) is 72.9 Å². The molecule has 0 saturated heterocycles. The van der Waals surface area contributed by atoms with E-state index in [1.807, 2.05) is 36.5 Å². The van der Waals surface area contributed by atoms with Gasteiger partial charge in [-0.2, -0.15) is 0 Å². The molecule has 0 aliphatic rings. The molecule has 0 aliphatic carbocycles. The lowest BCUT2D eigenvalue weighted by Crippen LogP contribution is -2.46. The van der Waals surface area contributed by atoms with Crippen molar-refractivity contribution in [2.75, 3.05) is 6.61 Å². The van der Waals surface area contributed by atoms with Crippen LogP contribution in [0.2, 0.25) is 0 Å². The van der Waals surface area contributed by atoms with Crippen LogP contribution in [0.15, 0.2) is 72.9 Å². The van der Waals surface area contributed by atoms with Crippen molar-refractivity contribution in [2.24, 2.45) is 0 Å². The predicted octanol–water partition coefficient (Wildman–Crippen LogP) is 13.4. The molecule has 3 unspecified atom stereocenters. The van der Waals surface area contributed by atoms with Crippen LogP contribution in [0.4, 0.5) is 0 Å². The van der Waals surface area contributed by atoms with E-state index in [4.69, 9.17) is 4.74 Å². The Morgan fingerprint density at radius 2 is 0.982 bits per heavy atom. The number of unbranched alkanes of at least 4 members (excludes halogenated alkanes) is 20. The predicted molar refractivity (Wildman–Crippen MR) is 241 cm³/mol. The maximum absolute atomic E-state index is 13.1. The molecule has 0 aromatic rings. The van der Waals surface area contributed by atoms with Crippen LogP contribution in [0, 0.1) is 0 Å². The summed E-state index contributed by atoms with van der Waals surface area (Å²) in [6.07, 6.45) is 54.0. The lowest BCUT2D eigenvalue weighted by atomic mass is 10.0. The summed E-state index contributed by atoms with van der Waals surface area (Å²) >= 11 is 0. The van der Waals surface area contributed by atoms with Gasteiger partial charge >= 0.3 is 5.97 Å². The number of hydrogen-bond acceptors (Lipinski definition) is 5. The summed E-state index contributed by atoms with van der Waals surface area (Å²) in [6.45, 7) is 6.27. The van der Waals surface area contributed by atoms with Crippen LogP contribution in [0.1, 0.15) is 207 Å². The zero-order valence-corrected chi connectivity index (χ0v) is 36.5. The van der Waals surface area contributed by atoms with E-state index in [1.54, 1.807) is 0 Å². The maximum Gasteiger partial charge on any atom is 0.306 e. The number of hydrogen-bond donors (Lipinski definition) is 3. The Kier molecular flexibility index (Phi) is 41.3. The van der Waals surface area contributed by atoms with Gasteiger partial charge in [-0.15, -0.1) is 0 Å². The van der Waals surface area contributed by atoms with E-state index in [0.29, 0.717) is 19.3 Å². The Bertz CT molecular complexity index is 1060. The van der Waals surface area contributed by atoms with Crippen LogP contribution < -0.4 is 5.32 Å². The van der Waals surface area contributed by atoms with Crippen LogP contribution in [-0.2, 0) is 14.3 Å². The van der Waals surface area contributed by atoms with E-state index in [-0.39, 0.29) is 24.9 Å². The third-order valence-corrected chi connectivity index (χ3v) is 10.1. The molecule has 0 radical (unpaired) electrons. The fourth-order valence-corrected chi connectivity index (χ4v) is 6.61. The summed E-state index contributed by atoms with van der Waals surface area (Å²) in [7, 11) is 0. The zero-order chi connectivity index (χ0) is 41.0. The number of rotatable bonds is 40. The van der Waals surface area contributed by atoms with Crippen molar-refractivity contribution >= 4 is 11.9 Å². The molecular weight excluding hydrogens is 695 g/mol. The molecule has 0 saturated carbocycles. The first-order valence-electron chi connectivity index (χ1n) is 23.2. The highest BCUT2D eigenvalue weighted by atomic mass is 16.5. The minimum Gasteiger partial charge on any atom is -0.462 e. The van der Waals surface area contributed by atoms with Gasteiger partial charge < -0.3 is 20.3 Å². The first-order valence-corrected chi connectivity index (χ1v) is 23.2. The average Bonchev–Trinajstić information content (AvgIpc) is 3.19. The summed E-state index contributed by atoms with van der Waals surface area (Å²) in [5.41, 5.74) is 0.